The van der Waals surface area contributed by atoms with Gasteiger partial charge >= 0.3 is 5.97 Å². The van der Waals surface area contributed by atoms with Crippen LogP contribution in [0, 0.1) is 10.1 Å². The van der Waals surface area contributed by atoms with E-state index in [-0.39, 0.29) is 12.3 Å². The zero-order valence-electron chi connectivity index (χ0n) is 12.0. The van der Waals surface area contributed by atoms with E-state index in [4.69, 9.17) is 4.74 Å². The highest BCUT2D eigenvalue weighted by atomic mass is 16.6. The highest BCUT2D eigenvalue weighted by Gasteiger charge is 2.15. The van der Waals surface area contributed by atoms with Gasteiger partial charge in [0.1, 0.15) is 0 Å². The van der Waals surface area contributed by atoms with Crippen LogP contribution in [0.3, 0.4) is 0 Å². The molecule has 108 valence electrons. The normalized spacial score (nSPS) is 11.1. The van der Waals surface area contributed by atoms with Gasteiger partial charge in [0.25, 0.3) is 5.69 Å². The number of anilines is 1. The Morgan fingerprint density at radius 1 is 1.45 bits per heavy atom. The molecule has 1 rings (SSSR count). The van der Waals surface area contributed by atoms with E-state index in [0.717, 1.165) is 5.69 Å². The van der Waals surface area contributed by atoms with Crippen molar-refractivity contribution < 1.29 is 14.5 Å². The smallest absolute Gasteiger partial charge is 0.333 e. The van der Waals surface area contributed by atoms with E-state index in [1.807, 2.05) is 0 Å². The molecule has 0 radical (unpaired) electrons. The molecule has 0 saturated heterocycles. The Morgan fingerprint density at radius 2 is 2.10 bits per heavy atom. The Hall–Kier alpha value is -2.37. The molecule has 0 heterocycles. The fourth-order valence-electron chi connectivity index (χ4n) is 1.63. The molecule has 0 saturated carbocycles. The first-order valence-electron chi connectivity index (χ1n) is 6.18. The highest BCUT2D eigenvalue weighted by molar-refractivity contribution is 5.93. The van der Waals surface area contributed by atoms with Crippen LogP contribution in [0.4, 0.5) is 11.4 Å². The zero-order valence-corrected chi connectivity index (χ0v) is 12.0. The molecule has 20 heavy (non-hydrogen) atoms. The highest BCUT2D eigenvalue weighted by Crippen LogP contribution is 2.26. The number of hydrogen-bond donors (Lipinski definition) is 0. The predicted octanol–water partition coefficient (Wildman–Crippen LogP) is 2.63. The molecule has 6 nitrogen and oxygen atoms in total. The molecule has 0 aromatic heterocycles. The van der Waals surface area contributed by atoms with E-state index < -0.39 is 10.9 Å². The molecule has 1 aromatic rings. The van der Waals surface area contributed by atoms with E-state index in [9.17, 15) is 14.9 Å². The van der Waals surface area contributed by atoms with Crippen molar-refractivity contribution in [2.24, 2.45) is 0 Å². The van der Waals surface area contributed by atoms with Crippen LogP contribution in [-0.4, -0.2) is 31.6 Å². The summed E-state index contributed by atoms with van der Waals surface area (Å²) in [6, 6.07) is 4.86. The number of nitrogens with zero attached hydrogens (tertiary/aromatic N) is 2. The van der Waals surface area contributed by atoms with Gasteiger partial charge < -0.3 is 9.64 Å². The van der Waals surface area contributed by atoms with Crippen molar-refractivity contribution in [3.63, 3.8) is 0 Å². The Kier molecular flexibility index (Phi) is 5.25. The Morgan fingerprint density at radius 3 is 2.60 bits per heavy atom. The molecule has 0 aliphatic heterocycles. The summed E-state index contributed by atoms with van der Waals surface area (Å²) in [6.45, 7) is 3.55. The number of nitro groups is 1. The average molecular weight is 278 g/mol. The average Bonchev–Trinajstić information content (AvgIpc) is 2.38. The van der Waals surface area contributed by atoms with E-state index >= 15 is 0 Å². The van der Waals surface area contributed by atoms with Crippen LogP contribution in [0.1, 0.15) is 19.4 Å². The van der Waals surface area contributed by atoms with E-state index in [2.05, 4.69) is 0 Å². The second kappa shape index (κ2) is 6.70. The largest absolute Gasteiger partial charge is 0.463 e. The Bertz CT molecular complexity index is 550. The van der Waals surface area contributed by atoms with Crippen molar-refractivity contribution in [1.82, 2.24) is 0 Å². The summed E-state index contributed by atoms with van der Waals surface area (Å²) in [7, 11) is 3.61. The van der Waals surface area contributed by atoms with Gasteiger partial charge in [0.2, 0.25) is 0 Å². The molecule has 0 bridgehead atoms. The molecule has 0 amide bonds. The third-order valence-corrected chi connectivity index (χ3v) is 2.70. The maximum atomic E-state index is 11.5. The van der Waals surface area contributed by atoms with Crippen molar-refractivity contribution in [2.75, 3.05) is 25.6 Å². The zero-order chi connectivity index (χ0) is 15.3. The van der Waals surface area contributed by atoms with E-state index in [1.54, 1.807) is 45.0 Å². The first-order chi connectivity index (χ1) is 9.36. The molecule has 0 unspecified atom stereocenters. The van der Waals surface area contributed by atoms with Crippen LogP contribution in [0.15, 0.2) is 23.8 Å². The van der Waals surface area contributed by atoms with Gasteiger partial charge in [-0.05, 0) is 32.1 Å². The first kappa shape index (κ1) is 15.7. The molecule has 0 spiro atoms. The van der Waals surface area contributed by atoms with E-state index in [0.29, 0.717) is 11.1 Å². The minimum absolute atomic E-state index is 0.0418. The molecule has 0 aliphatic rings. The summed E-state index contributed by atoms with van der Waals surface area (Å²) in [6.07, 6.45) is 1.47. The number of esters is 1. The van der Waals surface area contributed by atoms with Gasteiger partial charge in [0.15, 0.2) is 0 Å². The fraction of sp³-hybridized carbons (Fsp3) is 0.357. The number of nitro benzene ring substituents is 1. The summed E-state index contributed by atoms with van der Waals surface area (Å²) >= 11 is 0. The monoisotopic (exact) mass is 278 g/mol. The molecule has 1 aromatic carbocycles. The second-order valence-electron chi connectivity index (χ2n) is 4.44. The molecule has 0 N–H and O–H groups in total. The van der Waals surface area contributed by atoms with Crippen LogP contribution in [0.25, 0.3) is 6.08 Å². The van der Waals surface area contributed by atoms with Gasteiger partial charge in [-0.15, -0.1) is 0 Å². The lowest BCUT2D eigenvalue weighted by atomic mass is 10.1. The number of carbonyl (C=O) groups excluding carboxylic acids is 1. The van der Waals surface area contributed by atoms with E-state index in [1.165, 1.54) is 12.1 Å². The summed E-state index contributed by atoms with van der Waals surface area (Å²) in [5.74, 6) is -0.474. The number of benzene rings is 1. The number of hydrogen-bond acceptors (Lipinski definition) is 5. The summed E-state index contributed by atoms with van der Waals surface area (Å²) in [5, 5.41) is 11.1. The van der Waals surface area contributed by atoms with Crippen LogP contribution >= 0.6 is 0 Å². The SMILES string of the molecule is CCOC(=O)/C(C)=C/c1ccc(N(C)C)cc1[N+](=O)[O-]. The third-order valence-electron chi connectivity index (χ3n) is 2.70. The third kappa shape index (κ3) is 3.81. The topological polar surface area (TPSA) is 72.7 Å². The van der Waals surface area contributed by atoms with Gasteiger partial charge in [0, 0.05) is 31.4 Å². The molecule has 0 fully saturated rings. The van der Waals surface area contributed by atoms with Crippen LogP contribution in [0.5, 0.6) is 0 Å². The lowest BCUT2D eigenvalue weighted by molar-refractivity contribution is -0.385. The van der Waals surface area contributed by atoms with Crippen molar-refractivity contribution in [2.45, 2.75) is 13.8 Å². The van der Waals surface area contributed by atoms with Gasteiger partial charge in [-0.1, -0.05) is 0 Å². The van der Waals surface area contributed by atoms with Crippen LogP contribution in [-0.2, 0) is 9.53 Å². The van der Waals surface area contributed by atoms with Crippen molar-refractivity contribution in [3.8, 4) is 0 Å². The minimum Gasteiger partial charge on any atom is -0.463 e. The molecular weight excluding hydrogens is 260 g/mol. The van der Waals surface area contributed by atoms with Gasteiger partial charge in [0.05, 0.1) is 17.1 Å². The van der Waals surface area contributed by atoms with Gasteiger partial charge in [-0.25, -0.2) is 4.79 Å². The second-order valence-corrected chi connectivity index (χ2v) is 4.44. The minimum atomic E-state index is -0.474. The molecule has 0 aliphatic carbocycles. The summed E-state index contributed by atoms with van der Waals surface area (Å²) in [4.78, 5) is 24.0. The summed E-state index contributed by atoms with van der Waals surface area (Å²) < 4.78 is 4.85. The van der Waals surface area contributed by atoms with Crippen molar-refractivity contribution in [1.29, 1.82) is 0 Å². The Balaban J connectivity index is 3.21. The lowest BCUT2D eigenvalue weighted by Crippen LogP contribution is -2.09. The number of carbonyl (C=O) groups is 1. The van der Waals surface area contributed by atoms with Crippen LogP contribution in [0.2, 0.25) is 0 Å². The molecule has 6 heteroatoms. The Labute approximate surface area is 117 Å². The number of ether oxygens (including phenoxy) is 1. The molecule has 0 atom stereocenters. The quantitative estimate of drug-likeness (QED) is 0.358. The summed E-state index contributed by atoms with van der Waals surface area (Å²) in [5.41, 5.74) is 1.39. The van der Waals surface area contributed by atoms with Crippen molar-refractivity contribution >= 4 is 23.4 Å². The van der Waals surface area contributed by atoms with Gasteiger partial charge in [-0.3, -0.25) is 10.1 Å². The lowest BCUT2D eigenvalue weighted by Gasteiger charge is -2.12. The predicted molar refractivity (Wildman–Crippen MR) is 77.7 cm³/mol. The van der Waals surface area contributed by atoms with Crippen LogP contribution < -0.4 is 4.90 Å². The maximum Gasteiger partial charge on any atom is 0.333 e. The maximum absolute atomic E-state index is 11.5. The van der Waals surface area contributed by atoms with Crippen molar-refractivity contribution in [3.05, 3.63) is 39.4 Å². The first-order valence-corrected chi connectivity index (χ1v) is 6.18. The number of rotatable bonds is 5. The standard InChI is InChI=1S/C14H18N2O4/c1-5-20-14(17)10(2)8-11-6-7-12(15(3)4)9-13(11)16(18)19/h6-9H,5H2,1-4H3/b10-8+. The fourth-order valence-corrected chi connectivity index (χ4v) is 1.63. The van der Waals surface area contributed by atoms with Gasteiger partial charge in [-0.2, -0.15) is 0 Å². The molecular formula is C14H18N2O4.